The number of piperidine rings is 2. The summed E-state index contributed by atoms with van der Waals surface area (Å²) in [4.78, 5) is 27.3. The van der Waals surface area contributed by atoms with Gasteiger partial charge < -0.3 is 4.90 Å². The van der Waals surface area contributed by atoms with Crippen LogP contribution in [0.2, 0.25) is 0 Å². The van der Waals surface area contributed by atoms with Crippen molar-refractivity contribution < 1.29 is 9.59 Å². The Morgan fingerprint density at radius 2 is 1.88 bits per heavy atom. The minimum atomic E-state index is 0.0460. The second-order valence-corrected chi connectivity index (χ2v) is 5.65. The van der Waals surface area contributed by atoms with Gasteiger partial charge in [0, 0.05) is 32.5 Å². The number of fused-ring (bicyclic) bond motifs is 2. The van der Waals surface area contributed by atoms with Crippen LogP contribution in [0.25, 0.3) is 0 Å². The number of rotatable bonds is 3. The fourth-order valence-electron chi connectivity index (χ4n) is 3.57. The second-order valence-electron chi connectivity index (χ2n) is 5.65. The largest absolute Gasteiger partial charge is 0.303 e. The molecule has 0 radical (unpaired) electrons. The number of amides is 2. The van der Waals surface area contributed by atoms with Crippen molar-refractivity contribution >= 4 is 11.8 Å². The van der Waals surface area contributed by atoms with E-state index in [1.165, 1.54) is 31.0 Å². The third-order valence-electron chi connectivity index (χ3n) is 4.58. The molecule has 17 heavy (non-hydrogen) atoms. The Bertz CT molecular complexity index is 326. The molecule has 0 aromatic carbocycles. The zero-order valence-electron chi connectivity index (χ0n) is 10.2. The van der Waals surface area contributed by atoms with Crippen LogP contribution in [0.3, 0.4) is 0 Å². The summed E-state index contributed by atoms with van der Waals surface area (Å²) in [7, 11) is 0. The average Bonchev–Trinajstić information content (AvgIpc) is 2.90. The van der Waals surface area contributed by atoms with Crippen molar-refractivity contribution in [2.45, 2.75) is 32.1 Å². The fraction of sp³-hybridized carbons (Fsp3) is 0.846. The molecular formula is C13H20N2O2. The van der Waals surface area contributed by atoms with Gasteiger partial charge in [-0.15, -0.1) is 0 Å². The number of imide groups is 1. The molecule has 3 rings (SSSR count). The molecule has 94 valence electrons. The molecule has 3 fully saturated rings. The van der Waals surface area contributed by atoms with Crippen molar-refractivity contribution in [2.24, 2.45) is 11.8 Å². The summed E-state index contributed by atoms with van der Waals surface area (Å²) < 4.78 is 0. The lowest BCUT2D eigenvalue weighted by molar-refractivity contribution is -0.148. The summed E-state index contributed by atoms with van der Waals surface area (Å²) in [5, 5.41) is 0. The zero-order chi connectivity index (χ0) is 11.8. The summed E-state index contributed by atoms with van der Waals surface area (Å²) in [6, 6.07) is 0. The van der Waals surface area contributed by atoms with E-state index in [1.807, 2.05) is 0 Å². The van der Waals surface area contributed by atoms with E-state index in [-0.39, 0.29) is 11.8 Å². The molecule has 0 aromatic heterocycles. The lowest BCUT2D eigenvalue weighted by Crippen LogP contribution is -2.41. The molecular weight excluding hydrogens is 216 g/mol. The van der Waals surface area contributed by atoms with E-state index < -0.39 is 0 Å². The Morgan fingerprint density at radius 3 is 2.47 bits per heavy atom. The topological polar surface area (TPSA) is 40.6 Å². The van der Waals surface area contributed by atoms with E-state index >= 15 is 0 Å². The number of likely N-dealkylation sites (tertiary alicyclic amines) is 1. The first-order valence-corrected chi connectivity index (χ1v) is 6.79. The first-order valence-electron chi connectivity index (χ1n) is 6.79. The van der Waals surface area contributed by atoms with Crippen LogP contribution in [0.1, 0.15) is 32.1 Å². The van der Waals surface area contributed by atoms with Crippen LogP contribution in [0.5, 0.6) is 0 Å². The standard InChI is InChI=1S/C13H20N2O2/c16-12-2-1-3-13(17)15(12)7-5-11-9-14-6-4-10(11)8-14/h10-11H,1-9H2. The Labute approximate surface area is 102 Å². The van der Waals surface area contributed by atoms with E-state index in [4.69, 9.17) is 0 Å². The Balaban J connectivity index is 1.53. The first kappa shape index (κ1) is 11.2. The van der Waals surface area contributed by atoms with Crippen LogP contribution >= 0.6 is 0 Å². The molecule has 0 aromatic rings. The predicted molar refractivity (Wildman–Crippen MR) is 63.2 cm³/mol. The van der Waals surface area contributed by atoms with Gasteiger partial charge in [0.2, 0.25) is 11.8 Å². The van der Waals surface area contributed by atoms with Crippen LogP contribution in [-0.4, -0.2) is 47.8 Å². The van der Waals surface area contributed by atoms with Gasteiger partial charge in [-0.05, 0) is 37.6 Å². The van der Waals surface area contributed by atoms with Gasteiger partial charge in [-0.25, -0.2) is 0 Å². The van der Waals surface area contributed by atoms with Crippen molar-refractivity contribution in [1.82, 2.24) is 9.80 Å². The highest BCUT2D eigenvalue weighted by Gasteiger charge is 2.38. The summed E-state index contributed by atoms with van der Waals surface area (Å²) in [6.07, 6.45) is 4.19. The Hall–Kier alpha value is -0.900. The molecule has 3 saturated heterocycles. The second kappa shape index (κ2) is 4.41. The zero-order valence-corrected chi connectivity index (χ0v) is 10.2. The number of nitrogens with zero attached hydrogens (tertiary/aromatic N) is 2. The fourth-order valence-corrected chi connectivity index (χ4v) is 3.57. The molecule has 0 N–H and O–H groups in total. The third-order valence-corrected chi connectivity index (χ3v) is 4.58. The predicted octanol–water partition coefficient (Wildman–Crippen LogP) is 0.867. The maximum absolute atomic E-state index is 11.7. The summed E-state index contributed by atoms with van der Waals surface area (Å²) in [6.45, 7) is 4.34. The van der Waals surface area contributed by atoms with Gasteiger partial charge in [0.05, 0.1) is 0 Å². The Kier molecular flexibility index (Phi) is 2.90. The van der Waals surface area contributed by atoms with E-state index in [0.29, 0.717) is 25.3 Å². The van der Waals surface area contributed by atoms with E-state index in [0.717, 1.165) is 18.8 Å². The first-order chi connectivity index (χ1) is 8.24. The molecule has 3 heterocycles. The third kappa shape index (κ3) is 2.10. The number of hydrogen-bond donors (Lipinski definition) is 0. The van der Waals surface area contributed by atoms with Gasteiger partial charge in [0.1, 0.15) is 0 Å². The van der Waals surface area contributed by atoms with Crippen molar-refractivity contribution in [3.05, 3.63) is 0 Å². The molecule has 0 aliphatic carbocycles. The van der Waals surface area contributed by atoms with Gasteiger partial charge in [-0.1, -0.05) is 0 Å². The lowest BCUT2D eigenvalue weighted by atomic mass is 9.89. The van der Waals surface area contributed by atoms with Gasteiger partial charge >= 0.3 is 0 Å². The highest BCUT2D eigenvalue weighted by molar-refractivity contribution is 5.97. The van der Waals surface area contributed by atoms with Crippen LogP contribution < -0.4 is 0 Å². The molecule has 3 unspecified atom stereocenters. The molecule has 4 heteroatoms. The van der Waals surface area contributed by atoms with Crippen molar-refractivity contribution in [3.8, 4) is 0 Å². The summed E-state index contributed by atoms with van der Waals surface area (Å²) in [5.41, 5.74) is 0. The minimum absolute atomic E-state index is 0.0460. The van der Waals surface area contributed by atoms with Crippen LogP contribution in [-0.2, 0) is 9.59 Å². The summed E-state index contributed by atoms with van der Waals surface area (Å²) in [5.74, 6) is 1.63. The normalized spacial score (nSPS) is 36.9. The average molecular weight is 236 g/mol. The maximum atomic E-state index is 11.7. The number of carbonyl (C=O) groups is 2. The molecule has 3 aliphatic heterocycles. The monoisotopic (exact) mass is 236 g/mol. The van der Waals surface area contributed by atoms with Crippen molar-refractivity contribution in [1.29, 1.82) is 0 Å². The van der Waals surface area contributed by atoms with Gasteiger partial charge in [0.25, 0.3) is 0 Å². The molecule has 4 nitrogen and oxygen atoms in total. The highest BCUT2D eigenvalue weighted by Crippen LogP contribution is 2.35. The van der Waals surface area contributed by atoms with Crippen molar-refractivity contribution in [3.63, 3.8) is 0 Å². The van der Waals surface area contributed by atoms with E-state index in [1.54, 1.807) is 0 Å². The SMILES string of the molecule is O=C1CCCC(=O)N1CCC1CN2CCC1C2. The molecule has 0 saturated carbocycles. The number of hydrogen-bond acceptors (Lipinski definition) is 3. The smallest absolute Gasteiger partial charge is 0.229 e. The highest BCUT2D eigenvalue weighted by atomic mass is 16.2. The molecule has 2 amide bonds. The summed E-state index contributed by atoms with van der Waals surface area (Å²) >= 11 is 0. The molecule has 0 spiro atoms. The van der Waals surface area contributed by atoms with Gasteiger partial charge in [-0.2, -0.15) is 0 Å². The number of carbonyl (C=O) groups excluding carboxylic acids is 2. The molecule has 3 atom stereocenters. The van der Waals surface area contributed by atoms with Crippen LogP contribution in [0.4, 0.5) is 0 Å². The molecule has 2 bridgehead atoms. The van der Waals surface area contributed by atoms with Crippen molar-refractivity contribution in [2.75, 3.05) is 26.2 Å². The van der Waals surface area contributed by atoms with Crippen LogP contribution in [0, 0.1) is 11.8 Å². The molecule has 3 aliphatic rings. The maximum Gasteiger partial charge on any atom is 0.229 e. The van der Waals surface area contributed by atoms with Gasteiger partial charge in [0.15, 0.2) is 0 Å². The van der Waals surface area contributed by atoms with E-state index in [2.05, 4.69) is 4.90 Å². The van der Waals surface area contributed by atoms with E-state index in [9.17, 15) is 9.59 Å². The quantitative estimate of drug-likeness (QED) is 0.683. The van der Waals surface area contributed by atoms with Crippen LogP contribution in [0.15, 0.2) is 0 Å². The Morgan fingerprint density at radius 1 is 1.12 bits per heavy atom. The lowest BCUT2D eigenvalue weighted by Gasteiger charge is -2.28. The van der Waals surface area contributed by atoms with Gasteiger partial charge in [-0.3, -0.25) is 14.5 Å². The minimum Gasteiger partial charge on any atom is -0.303 e.